The average molecular weight is 332 g/mol. The largest absolute Gasteiger partial charge is 0.383 e. The molecule has 1 aliphatic rings. The molecule has 0 radical (unpaired) electrons. The molecule has 0 spiro atoms. The molecule has 1 amide bonds. The lowest BCUT2D eigenvalue weighted by atomic mass is 9.98. The molecule has 23 heavy (non-hydrogen) atoms. The molecule has 2 N–H and O–H groups in total. The number of amides is 1. The van der Waals surface area contributed by atoms with Gasteiger partial charge in [-0.15, -0.1) is 10.2 Å². The van der Waals surface area contributed by atoms with Gasteiger partial charge in [0.1, 0.15) is 5.01 Å². The zero-order valence-electron chi connectivity index (χ0n) is 13.1. The van der Waals surface area contributed by atoms with Gasteiger partial charge in [0.05, 0.1) is 6.61 Å². The van der Waals surface area contributed by atoms with Crippen LogP contribution in [0.5, 0.6) is 0 Å². The van der Waals surface area contributed by atoms with Crippen molar-refractivity contribution in [3.05, 3.63) is 29.8 Å². The Kier molecular flexibility index (Phi) is 4.88. The highest BCUT2D eigenvalue weighted by Gasteiger charge is 2.29. The van der Waals surface area contributed by atoms with Gasteiger partial charge >= 0.3 is 0 Å². The predicted molar refractivity (Wildman–Crippen MR) is 90.0 cm³/mol. The van der Waals surface area contributed by atoms with E-state index in [4.69, 9.17) is 10.5 Å². The number of carbonyl (C=O) groups is 1. The van der Waals surface area contributed by atoms with Crippen molar-refractivity contribution in [1.82, 2.24) is 15.1 Å². The van der Waals surface area contributed by atoms with E-state index in [2.05, 4.69) is 22.3 Å². The lowest BCUT2D eigenvalue weighted by Gasteiger charge is -2.16. The van der Waals surface area contributed by atoms with Crippen LogP contribution in [0.15, 0.2) is 24.3 Å². The summed E-state index contributed by atoms with van der Waals surface area (Å²) in [5.41, 5.74) is 7.87. The molecular weight excluding hydrogens is 312 g/mol. The molecule has 1 saturated heterocycles. The summed E-state index contributed by atoms with van der Waals surface area (Å²) in [6.45, 7) is 2.10. The molecule has 3 rings (SSSR count). The number of nitrogens with zero attached hydrogens (tertiary/aromatic N) is 3. The van der Waals surface area contributed by atoms with Crippen molar-refractivity contribution >= 4 is 22.4 Å². The molecule has 1 fully saturated rings. The van der Waals surface area contributed by atoms with Gasteiger partial charge < -0.3 is 15.4 Å². The highest BCUT2D eigenvalue weighted by atomic mass is 32.1. The Morgan fingerprint density at radius 2 is 2.13 bits per heavy atom. The first-order chi connectivity index (χ1) is 11.2. The van der Waals surface area contributed by atoms with Crippen LogP contribution in [0.25, 0.3) is 10.6 Å². The number of hydrogen-bond donors (Lipinski definition) is 1. The monoisotopic (exact) mass is 332 g/mol. The molecule has 7 heteroatoms. The van der Waals surface area contributed by atoms with Crippen LogP contribution in [-0.2, 0) is 16.0 Å². The second-order valence-electron chi connectivity index (χ2n) is 5.75. The average Bonchev–Trinajstić information content (AvgIpc) is 3.12. The Morgan fingerprint density at radius 1 is 1.35 bits per heavy atom. The van der Waals surface area contributed by atoms with E-state index in [0.29, 0.717) is 30.6 Å². The lowest BCUT2D eigenvalue weighted by molar-refractivity contribution is -0.128. The summed E-state index contributed by atoms with van der Waals surface area (Å²) in [5.74, 6) is 0.607. The van der Waals surface area contributed by atoms with E-state index in [1.165, 1.54) is 16.9 Å². The summed E-state index contributed by atoms with van der Waals surface area (Å²) < 4.78 is 5.05. The van der Waals surface area contributed by atoms with E-state index in [9.17, 15) is 4.79 Å². The van der Waals surface area contributed by atoms with Gasteiger partial charge in [0, 0.05) is 32.2 Å². The Hall–Kier alpha value is -1.99. The summed E-state index contributed by atoms with van der Waals surface area (Å²) in [7, 11) is 1.66. The molecule has 2 aromatic rings. The van der Waals surface area contributed by atoms with E-state index >= 15 is 0 Å². The maximum atomic E-state index is 12.0. The number of hydrogen-bond acceptors (Lipinski definition) is 6. The van der Waals surface area contributed by atoms with Gasteiger partial charge in [-0.3, -0.25) is 4.79 Å². The second-order valence-corrected chi connectivity index (χ2v) is 6.76. The van der Waals surface area contributed by atoms with Crippen LogP contribution in [0.2, 0.25) is 0 Å². The molecular formula is C16H20N4O2S. The van der Waals surface area contributed by atoms with Crippen molar-refractivity contribution in [3.8, 4) is 10.6 Å². The van der Waals surface area contributed by atoms with Gasteiger partial charge in [0.25, 0.3) is 0 Å². The number of rotatable bonds is 6. The van der Waals surface area contributed by atoms with Gasteiger partial charge in [-0.2, -0.15) is 0 Å². The van der Waals surface area contributed by atoms with E-state index < -0.39 is 0 Å². The maximum absolute atomic E-state index is 12.0. The molecule has 1 atom stereocenters. The zero-order chi connectivity index (χ0) is 16.2. The molecule has 6 nitrogen and oxygen atoms in total. The first-order valence-electron chi connectivity index (χ1n) is 7.60. The van der Waals surface area contributed by atoms with Crippen molar-refractivity contribution in [2.24, 2.45) is 5.92 Å². The number of methoxy groups -OCH3 is 1. The molecule has 2 heterocycles. The quantitative estimate of drug-likeness (QED) is 0.873. The summed E-state index contributed by atoms with van der Waals surface area (Å²) >= 11 is 1.38. The van der Waals surface area contributed by atoms with E-state index in [1.54, 1.807) is 7.11 Å². The Labute approximate surface area is 139 Å². The minimum absolute atomic E-state index is 0.230. The molecule has 1 aromatic carbocycles. The maximum Gasteiger partial charge on any atom is 0.223 e. The fourth-order valence-corrected chi connectivity index (χ4v) is 3.49. The topological polar surface area (TPSA) is 81.3 Å². The Balaban J connectivity index is 1.59. The zero-order valence-corrected chi connectivity index (χ0v) is 13.9. The molecule has 1 aromatic heterocycles. The summed E-state index contributed by atoms with van der Waals surface area (Å²) in [6, 6.07) is 8.26. The summed E-state index contributed by atoms with van der Waals surface area (Å²) in [4.78, 5) is 13.9. The molecule has 0 aliphatic carbocycles. The number of nitrogens with two attached hydrogens (primary N) is 1. The van der Waals surface area contributed by atoms with E-state index in [1.807, 2.05) is 17.0 Å². The van der Waals surface area contributed by atoms with Gasteiger partial charge in [0.2, 0.25) is 11.0 Å². The highest BCUT2D eigenvalue weighted by molar-refractivity contribution is 7.18. The van der Waals surface area contributed by atoms with Crippen LogP contribution in [0.4, 0.5) is 5.13 Å². The van der Waals surface area contributed by atoms with Crippen LogP contribution in [0, 0.1) is 5.92 Å². The van der Waals surface area contributed by atoms with Gasteiger partial charge in [-0.05, 0) is 17.9 Å². The van der Waals surface area contributed by atoms with Gasteiger partial charge in [-0.1, -0.05) is 35.6 Å². The number of aromatic nitrogens is 2. The van der Waals surface area contributed by atoms with Crippen molar-refractivity contribution in [1.29, 1.82) is 0 Å². The first kappa shape index (κ1) is 15.9. The van der Waals surface area contributed by atoms with Crippen LogP contribution >= 0.6 is 11.3 Å². The summed E-state index contributed by atoms with van der Waals surface area (Å²) in [6.07, 6.45) is 1.53. The van der Waals surface area contributed by atoms with Crippen molar-refractivity contribution in [2.75, 3.05) is 32.5 Å². The third kappa shape index (κ3) is 3.86. The normalized spacial score (nSPS) is 17.9. The molecule has 122 valence electrons. The fourth-order valence-electron chi connectivity index (χ4n) is 2.88. The summed E-state index contributed by atoms with van der Waals surface area (Å²) in [5, 5.41) is 9.19. The van der Waals surface area contributed by atoms with Crippen LogP contribution in [0.3, 0.4) is 0 Å². The number of ether oxygens (including phenoxy) is 1. The van der Waals surface area contributed by atoms with Crippen LogP contribution in [0.1, 0.15) is 12.0 Å². The van der Waals surface area contributed by atoms with Crippen molar-refractivity contribution in [2.45, 2.75) is 12.8 Å². The lowest BCUT2D eigenvalue weighted by Crippen LogP contribution is -2.28. The smallest absolute Gasteiger partial charge is 0.223 e. The van der Waals surface area contributed by atoms with Gasteiger partial charge in [-0.25, -0.2) is 0 Å². The van der Waals surface area contributed by atoms with Crippen molar-refractivity contribution < 1.29 is 9.53 Å². The minimum atomic E-state index is 0.230. The van der Waals surface area contributed by atoms with Crippen LogP contribution < -0.4 is 5.73 Å². The Morgan fingerprint density at radius 3 is 2.78 bits per heavy atom. The SMILES string of the molecule is COCCN1C[C@H](Cc2ccc(-c3nnc(N)s3)cc2)CC1=O. The van der Waals surface area contributed by atoms with E-state index in [-0.39, 0.29) is 5.91 Å². The molecule has 0 saturated carbocycles. The Bertz CT molecular complexity index is 671. The third-order valence-electron chi connectivity index (χ3n) is 4.03. The number of nitrogen functional groups attached to an aromatic ring is 1. The number of benzene rings is 1. The van der Waals surface area contributed by atoms with E-state index in [0.717, 1.165) is 23.5 Å². The molecule has 0 bridgehead atoms. The standard InChI is InChI=1S/C16H20N4O2S/c1-22-7-6-20-10-12(9-14(20)21)8-11-2-4-13(5-3-11)15-18-19-16(17)23-15/h2-5,12H,6-10H2,1H3,(H2,17,19)/t12-/m1/s1. The molecule has 0 unspecified atom stereocenters. The van der Waals surface area contributed by atoms with Gasteiger partial charge in [0.15, 0.2) is 0 Å². The fraction of sp³-hybridized carbons (Fsp3) is 0.438. The minimum Gasteiger partial charge on any atom is -0.383 e. The number of anilines is 1. The first-order valence-corrected chi connectivity index (χ1v) is 8.42. The highest BCUT2D eigenvalue weighted by Crippen LogP contribution is 2.26. The molecule has 1 aliphatic heterocycles. The predicted octanol–water partition coefficient (Wildman–Crippen LogP) is 1.82. The number of likely N-dealkylation sites (tertiary alicyclic amines) is 1. The third-order valence-corrected chi connectivity index (χ3v) is 4.83. The number of carbonyl (C=O) groups excluding carboxylic acids is 1. The second kappa shape index (κ2) is 7.06. The van der Waals surface area contributed by atoms with Crippen LogP contribution in [-0.4, -0.2) is 47.8 Å². The van der Waals surface area contributed by atoms with Crippen molar-refractivity contribution in [3.63, 3.8) is 0 Å².